The molecule has 0 atom stereocenters. The van der Waals surface area contributed by atoms with Crippen LogP contribution in [0.2, 0.25) is 13.1 Å². The molecule has 0 amide bonds. The maximum atomic E-state index is 12.9. The maximum absolute atomic E-state index is 12.9. The van der Waals surface area contributed by atoms with E-state index in [4.69, 9.17) is 0 Å². The smallest absolute Gasteiger partial charge is 0.124 e. The van der Waals surface area contributed by atoms with Crippen LogP contribution in [0.25, 0.3) is 0 Å². The number of benzene rings is 1. The second-order valence-corrected chi connectivity index (χ2v) is 5.68. The Kier molecular flexibility index (Phi) is 4.02. The summed E-state index contributed by atoms with van der Waals surface area (Å²) in [4.78, 5) is 0. The molecule has 0 heterocycles. The molecule has 0 saturated carbocycles. The van der Waals surface area contributed by atoms with Gasteiger partial charge < -0.3 is 0 Å². The fourth-order valence-corrected chi connectivity index (χ4v) is 2.36. The molecule has 1 aromatic rings. The highest BCUT2D eigenvalue weighted by Crippen LogP contribution is 2.00. The highest BCUT2D eigenvalue weighted by molar-refractivity contribution is 6.70. The molecule has 0 bridgehead atoms. The zero-order valence-corrected chi connectivity index (χ0v) is 8.13. The third-order valence-electron chi connectivity index (χ3n) is 1.58. The summed E-state index contributed by atoms with van der Waals surface area (Å²) in [5.74, 6) is -0.793. The van der Waals surface area contributed by atoms with Crippen LogP contribution in [0.5, 0.6) is 0 Å². The quantitative estimate of drug-likeness (QED) is 0.595. The second-order valence-electron chi connectivity index (χ2n) is 2.79. The number of rotatable bonds is 1. The Morgan fingerprint density at radius 1 is 1.08 bits per heavy atom. The predicted molar refractivity (Wildman–Crippen MR) is 47.4 cm³/mol. The minimum absolute atomic E-state index is 0. The average molecular weight is 192 g/mol. The van der Waals surface area contributed by atoms with Crippen LogP contribution >= 0.6 is 0 Å². The van der Waals surface area contributed by atoms with Gasteiger partial charge in [0.25, 0.3) is 0 Å². The third kappa shape index (κ3) is 2.10. The first-order chi connectivity index (χ1) is 5.13. The summed E-state index contributed by atoms with van der Waals surface area (Å²) >= 11 is 0. The number of halogens is 3. The van der Waals surface area contributed by atoms with Crippen molar-refractivity contribution in [1.82, 2.24) is 0 Å². The molecule has 0 unspecified atom stereocenters. The van der Waals surface area contributed by atoms with Gasteiger partial charge in [0.1, 0.15) is 11.6 Å². The largest absolute Gasteiger partial charge is 0.269 e. The van der Waals surface area contributed by atoms with Gasteiger partial charge in [-0.1, -0.05) is 19.2 Å². The summed E-state index contributed by atoms with van der Waals surface area (Å²) in [6.07, 6.45) is 0. The Labute approximate surface area is 71.2 Å². The van der Waals surface area contributed by atoms with E-state index in [1.165, 1.54) is 18.2 Å². The lowest BCUT2D eigenvalue weighted by Gasteiger charge is -2.05. The second kappa shape index (κ2) is 4.30. The van der Waals surface area contributed by atoms with E-state index in [2.05, 4.69) is 0 Å². The van der Waals surface area contributed by atoms with Gasteiger partial charge in [0.05, 0.1) is 8.80 Å². The minimum atomic E-state index is -1.36. The summed E-state index contributed by atoms with van der Waals surface area (Å²) in [6, 6.07) is 4.02. The molecule has 1 rings (SSSR count). The summed E-state index contributed by atoms with van der Waals surface area (Å²) in [5.41, 5.74) is 0. The third-order valence-corrected chi connectivity index (χ3v) is 3.28. The lowest BCUT2D eigenvalue weighted by Crippen LogP contribution is -2.29. The van der Waals surface area contributed by atoms with Crippen molar-refractivity contribution in [2.45, 2.75) is 13.1 Å². The SMILES string of the molecule is C[SiH](C)c1c(F)cccc1F.F. The molecule has 0 fully saturated rings. The van der Waals surface area contributed by atoms with Crippen LogP contribution in [-0.2, 0) is 0 Å². The van der Waals surface area contributed by atoms with Crippen molar-refractivity contribution in [3.8, 4) is 0 Å². The first kappa shape index (κ1) is 11.2. The molecule has 1 aromatic carbocycles. The molecular weight excluding hydrogens is 181 g/mol. The zero-order chi connectivity index (χ0) is 8.43. The molecule has 12 heavy (non-hydrogen) atoms. The molecular formula is C8H11F3Si. The molecule has 68 valence electrons. The van der Waals surface area contributed by atoms with Crippen molar-refractivity contribution in [2.24, 2.45) is 0 Å². The average Bonchev–Trinajstić information content (AvgIpc) is 1.85. The fraction of sp³-hybridized carbons (Fsp3) is 0.250. The number of hydrogen-bond acceptors (Lipinski definition) is 0. The van der Waals surface area contributed by atoms with Crippen LogP contribution in [0.4, 0.5) is 13.5 Å². The summed E-state index contributed by atoms with van der Waals surface area (Å²) < 4.78 is 25.8. The van der Waals surface area contributed by atoms with E-state index in [9.17, 15) is 8.78 Å². The Hall–Kier alpha value is -0.773. The van der Waals surface area contributed by atoms with E-state index in [0.29, 0.717) is 5.19 Å². The van der Waals surface area contributed by atoms with Gasteiger partial charge in [0.15, 0.2) is 0 Å². The lowest BCUT2D eigenvalue weighted by atomic mass is 10.3. The maximum Gasteiger partial charge on any atom is 0.124 e. The van der Waals surface area contributed by atoms with Gasteiger partial charge in [-0.05, 0) is 12.1 Å². The molecule has 0 saturated heterocycles. The molecule has 0 aromatic heterocycles. The predicted octanol–water partition coefficient (Wildman–Crippen LogP) is 1.81. The normalized spacial score (nSPS) is 9.75. The van der Waals surface area contributed by atoms with Crippen LogP contribution in [0.3, 0.4) is 0 Å². The first-order valence-corrected chi connectivity index (χ1v) is 6.45. The van der Waals surface area contributed by atoms with Crippen molar-refractivity contribution >= 4 is 14.0 Å². The van der Waals surface area contributed by atoms with Gasteiger partial charge in [-0.3, -0.25) is 4.70 Å². The summed E-state index contributed by atoms with van der Waals surface area (Å²) in [5, 5.41) is 0.313. The van der Waals surface area contributed by atoms with Gasteiger partial charge >= 0.3 is 0 Å². The lowest BCUT2D eigenvalue weighted by molar-refractivity contribution is 0.597. The van der Waals surface area contributed by atoms with E-state index in [1.807, 2.05) is 13.1 Å². The Bertz CT molecular complexity index is 240. The standard InChI is InChI=1S/C8H10F2Si.FH/c1-11(2)8-6(9)4-3-5-7(8)10;/h3-5,11H,1-2H3;1H. The van der Waals surface area contributed by atoms with Crippen molar-refractivity contribution in [2.75, 3.05) is 0 Å². The van der Waals surface area contributed by atoms with Gasteiger partial charge in [0, 0.05) is 5.19 Å². The van der Waals surface area contributed by atoms with E-state index >= 15 is 0 Å². The fourth-order valence-electron chi connectivity index (χ4n) is 1.06. The molecule has 0 aliphatic rings. The van der Waals surface area contributed by atoms with Crippen molar-refractivity contribution < 1.29 is 13.5 Å². The molecule has 4 heteroatoms. The van der Waals surface area contributed by atoms with Gasteiger partial charge in [0.2, 0.25) is 0 Å². The topological polar surface area (TPSA) is 0 Å². The first-order valence-electron chi connectivity index (χ1n) is 3.57. The van der Waals surface area contributed by atoms with Crippen LogP contribution in [0.15, 0.2) is 18.2 Å². The Morgan fingerprint density at radius 2 is 1.50 bits per heavy atom. The van der Waals surface area contributed by atoms with E-state index < -0.39 is 20.4 Å². The van der Waals surface area contributed by atoms with Gasteiger partial charge in [-0.15, -0.1) is 0 Å². The monoisotopic (exact) mass is 192 g/mol. The van der Waals surface area contributed by atoms with Crippen LogP contribution in [0.1, 0.15) is 0 Å². The molecule has 0 N–H and O–H groups in total. The van der Waals surface area contributed by atoms with E-state index in [-0.39, 0.29) is 4.70 Å². The molecule has 0 radical (unpaired) electrons. The van der Waals surface area contributed by atoms with Gasteiger partial charge in [-0.2, -0.15) is 0 Å². The summed E-state index contributed by atoms with van der Waals surface area (Å²) in [6.45, 7) is 3.81. The van der Waals surface area contributed by atoms with Crippen LogP contribution < -0.4 is 5.19 Å². The Morgan fingerprint density at radius 3 is 1.75 bits per heavy atom. The molecule has 0 spiro atoms. The highest BCUT2D eigenvalue weighted by atomic mass is 28.3. The Balaban J connectivity index is 0.00000121. The number of hydrogen-bond donors (Lipinski definition) is 0. The zero-order valence-electron chi connectivity index (χ0n) is 6.97. The molecule has 0 aliphatic carbocycles. The molecule has 0 aliphatic heterocycles. The highest BCUT2D eigenvalue weighted by Gasteiger charge is 2.11. The van der Waals surface area contributed by atoms with Crippen molar-refractivity contribution in [3.63, 3.8) is 0 Å². The van der Waals surface area contributed by atoms with Crippen molar-refractivity contribution in [1.29, 1.82) is 0 Å². The van der Waals surface area contributed by atoms with E-state index in [0.717, 1.165) is 0 Å². The van der Waals surface area contributed by atoms with Gasteiger partial charge in [-0.25, -0.2) is 8.78 Å². The van der Waals surface area contributed by atoms with E-state index in [1.54, 1.807) is 0 Å². The minimum Gasteiger partial charge on any atom is -0.269 e. The van der Waals surface area contributed by atoms with Crippen molar-refractivity contribution in [3.05, 3.63) is 29.8 Å². The van der Waals surface area contributed by atoms with Crippen LogP contribution in [-0.4, -0.2) is 8.80 Å². The molecule has 0 nitrogen and oxygen atoms in total. The summed E-state index contributed by atoms with van der Waals surface area (Å²) in [7, 11) is -1.36. The van der Waals surface area contributed by atoms with Crippen LogP contribution in [0, 0.1) is 11.6 Å².